The maximum absolute atomic E-state index is 5.70. The molecule has 0 spiro atoms. The van der Waals surface area contributed by atoms with Crippen LogP contribution in [0.4, 0.5) is 0 Å². The first kappa shape index (κ1) is 21.4. The van der Waals surface area contributed by atoms with Gasteiger partial charge < -0.3 is 20.1 Å². The second-order valence-corrected chi connectivity index (χ2v) is 6.62. The number of fused-ring (bicyclic) bond motifs is 1. The third-order valence-corrected chi connectivity index (χ3v) is 4.56. The van der Waals surface area contributed by atoms with Crippen LogP contribution in [-0.2, 0) is 12.8 Å². The van der Waals surface area contributed by atoms with Gasteiger partial charge >= 0.3 is 0 Å². The zero-order valence-corrected chi connectivity index (χ0v) is 17.9. The fourth-order valence-electron chi connectivity index (χ4n) is 3.15. The third-order valence-electron chi connectivity index (χ3n) is 4.56. The van der Waals surface area contributed by atoms with Crippen molar-refractivity contribution in [3.05, 3.63) is 54.0 Å². The molecular weight excluding hydrogens is 380 g/mol. The highest BCUT2D eigenvalue weighted by Gasteiger charge is 2.07. The van der Waals surface area contributed by atoms with Crippen molar-refractivity contribution in [3.8, 4) is 11.5 Å². The van der Waals surface area contributed by atoms with Crippen molar-refractivity contribution < 1.29 is 9.47 Å². The van der Waals surface area contributed by atoms with Gasteiger partial charge in [0.1, 0.15) is 5.82 Å². The first-order chi connectivity index (χ1) is 14.7. The van der Waals surface area contributed by atoms with Crippen LogP contribution >= 0.6 is 0 Å². The van der Waals surface area contributed by atoms with E-state index in [-0.39, 0.29) is 0 Å². The molecule has 0 saturated carbocycles. The number of ether oxygens (including phenoxy) is 2. The van der Waals surface area contributed by atoms with Gasteiger partial charge in [0, 0.05) is 32.8 Å². The summed E-state index contributed by atoms with van der Waals surface area (Å²) in [5.74, 6) is 3.26. The summed E-state index contributed by atoms with van der Waals surface area (Å²) in [6, 6.07) is 12.0. The topological polar surface area (TPSA) is 85.1 Å². The number of aliphatic imine (C=N–C) groups is 1. The molecule has 8 nitrogen and oxygen atoms in total. The lowest BCUT2D eigenvalue weighted by Crippen LogP contribution is -2.39. The summed E-state index contributed by atoms with van der Waals surface area (Å²) in [5.41, 5.74) is 2.04. The summed E-state index contributed by atoms with van der Waals surface area (Å²) >= 11 is 0. The van der Waals surface area contributed by atoms with Crippen LogP contribution in [0, 0.1) is 0 Å². The highest BCUT2D eigenvalue weighted by Crippen LogP contribution is 2.28. The first-order valence-electron chi connectivity index (χ1n) is 10.4. The lowest BCUT2D eigenvalue weighted by atomic mass is 10.1. The van der Waals surface area contributed by atoms with Gasteiger partial charge in [-0.1, -0.05) is 12.1 Å². The number of hydrogen-bond acceptors (Lipinski definition) is 5. The molecule has 0 aliphatic rings. The lowest BCUT2D eigenvalue weighted by molar-refractivity contribution is 0.287. The molecule has 3 rings (SSSR count). The SMILES string of the molecule is CCOc1ccc(CCNC(=NC)NCCc2nnc3ccccn23)cc1OCC. The molecule has 0 unspecified atom stereocenters. The van der Waals surface area contributed by atoms with Crippen LogP contribution < -0.4 is 20.1 Å². The molecule has 0 radical (unpaired) electrons. The molecule has 0 saturated heterocycles. The second-order valence-electron chi connectivity index (χ2n) is 6.62. The van der Waals surface area contributed by atoms with Crippen molar-refractivity contribution in [2.45, 2.75) is 26.7 Å². The van der Waals surface area contributed by atoms with Gasteiger partial charge in [0.15, 0.2) is 23.1 Å². The van der Waals surface area contributed by atoms with Crippen LogP contribution in [0.25, 0.3) is 5.65 Å². The fourth-order valence-corrected chi connectivity index (χ4v) is 3.15. The van der Waals surface area contributed by atoms with Gasteiger partial charge in [-0.05, 0) is 50.1 Å². The molecule has 2 N–H and O–H groups in total. The van der Waals surface area contributed by atoms with Crippen molar-refractivity contribution in [1.82, 2.24) is 25.2 Å². The molecule has 0 atom stereocenters. The molecule has 160 valence electrons. The summed E-state index contributed by atoms with van der Waals surface area (Å²) in [7, 11) is 1.77. The average Bonchev–Trinajstić information content (AvgIpc) is 3.18. The second kappa shape index (κ2) is 11.0. The fraction of sp³-hybridized carbons (Fsp3) is 0.409. The Hall–Kier alpha value is -3.29. The van der Waals surface area contributed by atoms with E-state index < -0.39 is 0 Å². The molecule has 0 fully saturated rings. The van der Waals surface area contributed by atoms with E-state index in [4.69, 9.17) is 9.47 Å². The van der Waals surface area contributed by atoms with Gasteiger partial charge in [0.25, 0.3) is 0 Å². The molecule has 1 aromatic carbocycles. The van der Waals surface area contributed by atoms with Gasteiger partial charge in [-0.3, -0.25) is 9.39 Å². The van der Waals surface area contributed by atoms with E-state index in [1.807, 2.05) is 54.8 Å². The van der Waals surface area contributed by atoms with E-state index in [0.717, 1.165) is 48.3 Å². The molecule has 0 amide bonds. The Kier molecular flexibility index (Phi) is 7.88. The van der Waals surface area contributed by atoms with Crippen molar-refractivity contribution in [2.24, 2.45) is 4.99 Å². The summed E-state index contributed by atoms with van der Waals surface area (Å²) in [5, 5.41) is 15.1. The summed E-state index contributed by atoms with van der Waals surface area (Å²) in [6.07, 6.45) is 3.58. The monoisotopic (exact) mass is 410 g/mol. The van der Waals surface area contributed by atoms with E-state index in [2.05, 4.69) is 31.9 Å². The Balaban J connectivity index is 1.47. The van der Waals surface area contributed by atoms with Gasteiger partial charge in [-0.25, -0.2) is 0 Å². The van der Waals surface area contributed by atoms with Crippen LogP contribution in [0.3, 0.4) is 0 Å². The Morgan fingerprint density at radius 1 is 0.967 bits per heavy atom. The summed E-state index contributed by atoms with van der Waals surface area (Å²) in [6.45, 7) is 6.65. The van der Waals surface area contributed by atoms with Crippen LogP contribution in [0.1, 0.15) is 25.2 Å². The average molecular weight is 411 g/mol. The number of hydrogen-bond donors (Lipinski definition) is 2. The molecule has 2 heterocycles. The van der Waals surface area contributed by atoms with E-state index in [1.165, 1.54) is 5.56 Å². The highest BCUT2D eigenvalue weighted by molar-refractivity contribution is 5.79. The van der Waals surface area contributed by atoms with Gasteiger partial charge in [0.05, 0.1) is 13.2 Å². The molecule has 2 aromatic heterocycles. The molecule has 0 aliphatic heterocycles. The Labute approximate surface area is 177 Å². The van der Waals surface area contributed by atoms with E-state index >= 15 is 0 Å². The number of pyridine rings is 1. The number of rotatable bonds is 10. The van der Waals surface area contributed by atoms with Crippen LogP contribution in [0.15, 0.2) is 47.6 Å². The third kappa shape index (κ3) is 5.62. The van der Waals surface area contributed by atoms with Crippen LogP contribution in [-0.4, -0.2) is 53.9 Å². The van der Waals surface area contributed by atoms with Gasteiger partial charge in [-0.2, -0.15) is 0 Å². The smallest absolute Gasteiger partial charge is 0.191 e. The molecule has 3 aromatic rings. The van der Waals surface area contributed by atoms with E-state index in [9.17, 15) is 0 Å². The van der Waals surface area contributed by atoms with Crippen molar-refractivity contribution >= 4 is 11.6 Å². The van der Waals surface area contributed by atoms with Crippen LogP contribution in [0.5, 0.6) is 11.5 Å². The van der Waals surface area contributed by atoms with E-state index in [0.29, 0.717) is 19.8 Å². The molecule has 0 aliphatic carbocycles. The predicted molar refractivity (Wildman–Crippen MR) is 119 cm³/mol. The Morgan fingerprint density at radius 3 is 2.50 bits per heavy atom. The maximum atomic E-state index is 5.70. The Bertz CT molecular complexity index is 969. The number of benzene rings is 1. The number of nitrogens with one attached hydrogen (secondary N) is 2. The first-order valence-corrected chi connectivity index (χ1v) is 10.4. The molecular formula is C22H30N6O2. The molecule has 8 heteroatoms. The minimum atomic E-state index is 0.611. The minimum absolute atomic E-state index is 0.611. The van der Waals surface area contributed by atoms with E-state index in [1.54, 1.807) is 7.05 Å². The summed E-state index contributed by atoms with van der Waals surface area (Å²) < 4.78 is 13.3. The maximum Gasteiger partial charge on any atom is 0.191 e. The largest absolute Gasteiger partial charge is 0.490 e. The molecule has 30 heavy (non-hydrogen) atoms. The summed E-state index contributed by atoms with van der Waals surface area (Å²) in [4.78, 5) is 4.29. The normalized spacial score (nSPS) is 11.5. The quantitative estimate of drug-likeness (QED) is 0.395. The lowest BCUT2D eigenvalue weighted by Gasteiger charge is -2.14. The van der Waals surface area contributed by atoms with Crippen LogP contribution in [0.2, 0.25) is 0 Å². The zero-order valence-electron chi connectivity index (χ0n) is 17.9. The predicted octanol–water partition coefficient (Wildman–Crippen LogP) is 2.48. The van der Waals surface area contributed by atoms with Gasteiger partial charge in [0.2, 0.25) is 0 Å². The van der Waals surface area contributed by atoms with Crippen molar-refractivity contribution in [1.29, 1.82) is 0 Å². The Morgan fingerprint density at radius 2 is 1.73 bits per heavy atom. The zero-order chi connectivity index (χ0) is 21.2. The van der Waals surface area contributed by atoms with Crippen molar-refractivity contribution in [3.63, 3.8) is 0 Å². The van der Waals surface area contributed by atoms with Gasteiger partial charge in [-0.15, -0.1) is 10.2 Å². The minimum Gasteiger partial charge on any atom is -0.490 e. The number of guanidine groups is 1. The standard InChI is InChI=1S/C22H30N6O2/c1-4-29-18-10-9-17(16-19(18)30-5-2)11-13-24-22(23-3)25-14-12-21-27-26-20-8-6-7-15-28(20)21/h6-10,15-16H,4-5,11-14H2,1-3H3,(H2,23,24,25). The number of nitrogens with zero attached hydrogens (tertiary/aromatic N) is 4. The van der Waals surface area contributed by atoms with Crippen molar-refractivity contribution in [2.75, 3.05) is 33.4 Å². The highest BCUT2D eigenvalue weighted by atomic mass is 16.5. The number of aromatic nitrogens is 3. The molecule has 0 bridgehead atoms.